The number of alkyl halides is 3. The lowest BCUT2D eigenvalue weighted by Gasteiger charge is -2.11. The molecule has 0 unspecified atom stereocenters. The Bertz CT molecular complexity index is 491. The molecule has 0 atom stereocenters. The number of hydrogen-bond acceptors (Lipinski definition) is 2. The molecule has 1 rings (SSSR count). The topological polar surface area (TPSA) is 54.4 Å². The van der Waals surface area contributed by atoms with E-state index in [0.717, 1.165) is 12.1 Å². The SMILES string of the molecule is Cc1c(CC(F)(F)F)cccc1S(=O)(=O)O. The number of benzene rings is 1. The molecule has 0 saturated heterocycles. The summed E-state index contributed by atoms with van der Waals surface area (Å²) in [5.74, 6) is 0. The summed E-state index contributed by atoms with van der Waals surface area (Å²) >= 11 is 0. The Labute approximate surface area is 90.7 Å². The molecule has 0 aliphatic carbocycles. The van der Waals surface area contributed by atoms with Gasteiger partial charge in [-0.1, -0.05) is 12.1 Å². The fourth-order valence-corrected chi connectivity index (χ4v) is 2.12. The first kappa shape index (κ1) is 13.0. The molecule has 0 aromatic heterocycles. The van der Waals surface area contributed by atoms with Gasteiger partial charge in [0, 0.05) is 0 Å². The van der Waals surface area contributed by atoms with Gasteiger partial charge in [0.2, 0.25) is 0 Å². The quantitative estimate of drug-likeness (QED) is 0.824. The summed E-state index contributed by atoms with van der Waals surface area (Å²) < 4.78 is 66.9. The van der Waals surface area contributed by atoms with Gasteiger partial charge >= 0.3 is 6.18 Å². The minimum atomic E-state index is -4.48. The second-order valence-corrected chi connectivity index (χ2v) is 4.70. The maximum Gasteiger partial charge on any atom is 0.393 e. The predicted molar refractivity (Wildman–Crippen MR) is 50.8 cm³/mol. The molecule has 0 aliphatic heterocycles. The van der Waals surface area contributed by atoms with Crippen LogP contribution in [0.5, 0.6) is 0 Å². The summed E-state index contributed by atoms with van der Waals surface area (Å²) in [6.07, 6.45) is -5.63. The number of halogens is 3. The summed E-state index contributed by atoms with van der Waals surface area (Å²) in [4.78, 5) is -0.491. The van der Waals surface area contributed by atoms with E-state index in [1.807, 2.05) is 0 Å². The van der Waals surface area contributed by atoms with Crippen molar-refractivity contribution in [3.05, 3.63) is 29.3 Å². The average molecular weight is 254 g/mol. The standard InChI is InChI=1S/C9H9F3O3S/c1-6-7(5-9(10,11)12)3-2-4-8(6)16(13,14)15/h2-4H,5H2,1H3,(H,13,14,15). The van der Waals surface area contributed by atoms with Crippen LogP contribution in [0.15, 0.2) is 23.1 Å². The highest BCUT2D eigenvalue weighted by Gasteiger charge is 2.29. The molecular weight excluding hydrogens is 245 g/mol. The highest BCUT2D eigenvalue weighted by atomic mass is 32.2. The van der Waals surface area contributed by atoms with Gasteiger partial charge in [-0.05, 0) is 24.1 Å². The molecule has 0 spiro atoms. The van der Waals surface area contributed by atoms with Gasteiger partial charge in [0.05, 0.1) is 11.3 Å². The molecule has 0 radical (unpaired) electrons. The van der Waals surface area contributed by atoms with E-state index < -0.39 is 27.6 Å². The van der Waals surface area contributed by atoms with Crippen LogP contribution in [-0.2, 0) is 16.5 Å². The Morgan fingerprint density at radius 1 is 1.31 bits per heavy atom. The third kappa shape index (κ3) is 3.21. The van der Waals surface area contributed by atoms with Crippen molar-refractivity contribution in [2.45, 2.75) is 24.4 Å². The van der Waals surface area contributed by atoms with E-state index in [2.05, 4.69) is 0 Å². The van der Waals surface area contributed by atoms with E-state index in [4.69, 9.17) is 4.55 Å². The van der Waals surface area contributed by atoms with Crippen LogP contribution in [0.25, 0.3) is 0 Å². The maximum absolute atomic E-state index is 12.1. The first-order chi connectivity index (χ1) is 7.11. The van der Waals surface area contributed by atoms with E-state index in [1.54, 1.807) is 0 Å². The van der Waals surface area contributed by atoms with E-state index in [0.29, 0.717) is 0 Å². The van der Waals surface area contributed by atoms with Gasteiger partial charge in [-0.25, -0.2) is 0 Å². The fraction of sp³-hybridized carbons (Fsp3) is 0.333. The monoisotopic (exact) mass is 254 g/mol. The van der Waals surface area contributed by atoms with Crippen molar-refractivity contribution in [2.24, 2.45) is 0 Å². The largest absolute Gasteiger partial charge is 0.393 e. The van der Waals surface area contributed by atoms with Gasteiger partial charge in [-0.3, -0.25) is 4.55 Å². The summed E-state index contributed by atoms with van der Waals surface area (Å²) in [5, 5.41) is 0. The van der Waals surface area contributed by atoms with Crippen LogP contribution in [0, 0.1) is 6.92 Å². The van der Waals surface area contributed by atoms with E-state index >= 15 is 0 Å². The summed E-state index contributed by atoms with van der Waals surface area (Å²) in [5.41, 5.74) is -0.245. The maximum atomic E-state index is 12.1. The zero-order chi connectivity index (χ0) is 12.6. The molecule has 3 nitrogen and oxygen atoms in total. The second-order valence-electron chi connectivity index (χ2n) is 3.31. The van der Waals surface area contributed by atoms with Crippen molar-refractivity contribution in [1.82, 2.24) is 0 Å². The number of rotatable bonds is 2. The zero-order valence-corrected chi connectivity index (χ0v) is 9.06. The second kappa shape index (κ2) is 4.06. The molecule has 0 aliphatic rings. The summed E-state index contributed by atoms with van der Waals surface area (Å²) in [7, 11) is -4.48. The fourth-order valence-electron chi connectivity index (χ4n) is 1.35. The smallest absolute Gasteiger partial charge is 0.282 e. The Hall–Kier alpha value is -1.08. The highest BCUT2D eigenvalue weighted by Crippen LogP contribution is 2.26. The van der Waals surface area contributed by atoms with Crippen molar-refractivity contribution >= 4 is 10.1 Å². The van der Waals surface area contributed by atoms with Gasteiger partial charge in [-0.2, -0.15) is 21.6 Å². The van der Waals surface area contributed by atoms with Gasteiger partial charge in [0.1, 0.15) is 0 Å². The van der Waals surface area contributed by atoms with E-state index in [-0.39, 0.29) is 11.1 Å². The van der Waals surface area contributed by atoms with E-state index in [1.165, 1.54) is 13.0 Å². The lowest BCUT2D eigenvalue weighted by atomic mass is 10.1. The molecule has 1 aromatic carbocycles. The van der Waals surface area contributed by atoms with Crippen LogP contribution < -0.4 is 0 Å². The molecule has 0 fully saturated rings. The van der Waals surface area contributed by atoms with Gasteiger partial charge in [0.15, 0.2) is 0 Å². The predicted octanol–water partition coefficient (Wildman–Crippen LogP) is 2.35. The van der Waals surface area contributed by atoms with Gasteiger partial charge in [0.25, 0.3) is 10.1 Å². The molecule has 1 aromatic rings. The molecule has 1 N–H and O–H groups in total. The van der Waals surface area contributed by atoms with Crippen LogP contribution in [0.3, 0.4) is 0 Å². The lowest BCUT2D eigenvalue weighted by Crippen LogP contribution is -2.14. The highest BCUT2D eigenvalue weighted by molar-refractivity contribution is 7.85. The van der Waals surface area contributed by atoms with Crippen LogP contribution in [0.1, 0.15) is 11.1 Å². The Balaban J connectivity index is 3.25. The normalized spacial score (nSPS) is 12.8. The third-order valence-corrected chi connectivity index (χ3v) is 3.06. The minimum Gasteiger partial charge on any atom is -0.282 e. The first-order valence-corrected chi connectivity index (χ1v) is 5.68. The average Bonchev–Trinajstić information content (AvgIpc) is 2.04. The van der Waals surface area contributed by atoms with Crippen molar-refractivity contribution in [2.75, 3.05) is 0 Å². The third-order valence-electron chi connectivity index (χ3n) is 2.07. The minimum absolute atomic E-state index is 0.0812. The lowest BCUT2D eigenvalue weighted by molar-refractivity contribution is -0.127. The molecule has 0 saturated carbocycles. The van der Waals surface area contributed by atoms with Crippen LogP contribution in [0.2, 0.25) is 0 Å². The molecule has 16 heavy (non-hydrogen) atoms. The van der Waals surface area contributed by atoms with Crippen molar-refractivity contribution in [1.29, 1.82) is 0 Å². The molecule has 0 amide bonds. The van der Waals surface area contributed by atoms with Crippen molar-refractivity contribution in [3.8, 4) is 0 Å². The van der Waals surface area contributed by atoms with Crippen LogP contribution in [-0.4, -0.2) is 19.1 Å². The van der Waals surface area contributed by atoms with Gasteiger partial charge < -0.3 is 0 Å². The molecule has 90 valence electrons. The molecule has 7 heteroatoms. The number of hydrogen-bond donors (Lipinski definition) is 1. The first-order valence-electron chi connectivity index (χ1n) is 4.24. The Morgan fingerprint density at radius 3 is 2.31 bits per heavy atom. The van der Waals surface area contributed by atoms with Crippen LogP contribution >= 0.6 is 0 Å². The summed E-state index contributed by atoms with van der Waals surface area (Å²) in [6, 6.07) is 3.40. The Morgan fingerprint density at radius 2 is 1.88 bits per heavy atom. The molecule has 0 heterocycles. The van der Waals surface area contributed by atoms with E-state index in [9.17, 15) is 21.6 Å². The molecular formula is C9H9F3O3S. The van der Waals surface area contributed by atoms with Gasteiger partial charge in [-0.15, -0.1) is 0 Å². The summed E-state index contributed by atoms with van der Waals surface area (Å²) in [6.45, 7) is 1.23. The Kier molecular flexibility index (Phi) is 3.30. The van der Waals surface area contributed by atoms with Crippen molar-refractivity contribution in [3.63, 3.8) is 0 Å². The van der Waals surface area contributed by atoms with Crippen LogP contribution in [0.4, 0.5) is 13.2 Å². The zero-order valence-electron chi connectivity index (χ0n) is 8.25. The van der Waals surface area contributed by atoms with Crippen molar-refractivity contribution < 1.29 is 26.1 Å². The molecule has 0 bridgehead atoms.